The Kier molecular flexibility index (Phi) is 4.46. The third-order valence-corrected chi connectivity index (χ3v) is 3.29. The molecule has 19 heavy (non-hydrogen) atoms. The van der Waals surface area contributed by atoms with Gasteiger partial charge in [0.05, 0.1) is 11.3 Å². The number of nitrogens with zero attached hydrogens (tertiary/aromatic N) is 1. The summed E-state index contributed by atoms with van der Waals surface area (Å²) in [6, 6.07) is 6.35. The summed E-state index contributed by atoms with van der Waals surface area (Å²) >= 11 is 0. The minimum Gasteiger partial charge on any atom is -0.355 e. The van der Waals surface area contributed by atoms with E-state index < -0.39 is 4.92 Å². The summed E-state index contributed by atoms with van der Waals surface area (Å²) in [5.74, 6) is 0.302. The molecule has 1 aliphatic heterocycles. The Morgan fingerprint density at radius 2 is 2.26 bits per heavy atom. The molecule has 1 aromatic carbocycles. The summed E-state index contributed by atoms with van der Waals surface area (Å²) in [5, 5.41) is 16.9. The van der Waals surface area contributed by atoms with Gasteiger partial charge in [0, 0.05) is 18.2 Å². The number of carbonyl (C=O) groups is 1. The highest BCUT2D eigenvalue weighted by molar-refractivity contribution is 5.79. The van der Waals surface area contributed by atoms with Crippen molar-refractivity contribution in [1.82, 2.24) is 10.6 Å². The molecule has 6 nitrogen and oxygen atoms in total. The van der Waals surface area contributed by atoms with Gasteiger partial charge < -0.3 is 10.6 Å². The third kappa shape index (κ3) is 3.75. The minimum atomic E-state index is -0.455. The van der Waals surface area contributed by atoms with Gasteiger partial charge in [0.15, 0.2) is 0 Å². The molecule has 2 rings (SSSR count). The molecule has 1 unspecified atom stereocenters. The molecule has 102 valence electrons. The third-order valence-electron chi connectivity index (χ3n) is 3.29. The molecule has 0 aromatic heterocycles. The fourth-order valence-corrected chi connectivity index (χ4v) is 2.22. The van der Waals surface area contributed by atoms with Crippen LogP contribution in [0.2, 0.25) is 0 Å². The summed E-state index contributed by atoms with van der Waals surface area (Å²) in [4.78, 5) is 22.2. The molecule has 0 saturated carbocycles. The van der Waals surface area contributed by atoms with Crippen molar-refractivity contribution in [1.29, 1.82) is 0 Å². The number of para-hydroxylation sites is 1. The van der Waals surface area contributed by atoms with Crippen molar-refractivity contribution in [2.75, 3.05) is 19.6 Å². The van der Waals surface area contributed by atoms with E-state index >= 15 is 0 Å². The largest absolute Gasteiger partial charge is 0.355 e. The minimum absolute atomic E-state index is 0.000169. The molecule has 0 bridgehead atoms. The van der Waals surface area contributed by atoms with Crippen LogP contribution < -0.4 is 10.6 Å². The Balaban J connectivity index is 1.89. The number of amides is 1. The molecule has 1 aromatic rings. The van der Waals surface area contributed by atoms with E-state index in [1.807, 2.05) is 0 Å². The number of benzene rings is 1. The first-order valence-corrected chi connectivity index (χ1v) is 6.36. The second kappa shape index (κ2) is 6.29. The summed E-state index contributed by atoms with van der Waals surface area (Å²) in [6.45, 7) is 2.54. The van der Waals surface area contributed by atoms with Crippen molar-refractivity contribution in [2.45, 2.75) is 12.8 Å². The summed E-state index contributed by atoms with van der Waals surface area (Å²) < 4.78 is 0. The maximum atomic E-state index is 11.8. The monoisotopic (exact) mass is 263 g/mol. The van der Waals surface area contributed by atoms with E-state index in [4.69, 9.17) is 0 Å². The average Bonchev–Trinajstić information content (AvgIpc) is 2.90. The predicted octanol–water partition coefficient (Wildman–Crippen LogP) is 0.863. The van der Waals surface area contributed by atoms with Crippen LogP contribution in [0.3, 0.4) is 0 Å². The highest BCUT2D eigenvalue weighted by Crippen LogP contribution is 2.18. The van der Waals surface area contributed by atoms with E-state index in [0.29, 0.717) is 18.0 Å². The Labute approximate surface area is 111 Å². The number of nitro benzene ring substituents is 1. The van der Waals surface area contributed by atoms with Crippen molar-refractivity contribution < 1.29 is 9.72 Å². The van der Waals surface area contributed by atoms with E-state index in [1.54, 1.807) is 18.2 Å². The molecule has 1 saturated heterocycles. The normalized spacial score (nSPS) is 18.2. The van der Waals surface area contributed by atoms with Gasteiger partial charge in [-0.25, -0.2) is 0 Å². The van der Waals surface area contributed by atoms with Crippen LogP contribution in [0.4, 0.5) is 5.69 Å². The lowest BCUT2D eigenvalue weighted by atomic mass is 10.1. The van der Waals surface area contributed by atoms with E-state index in [9.17, 15) is 14.9 Å². The molecule has 1 fully saturated rings. The van der Waals surface area contributed by atoms with Gasteiger partial charge >= 0.3 is 0 Å². The second-order valence-electron chi connectivity index (χ2n) is 4.73. The van der Waals surface area contributed by atoms with Crippen molar-refractivity contribution in [3.63, 3.8) is 0 Å². The fourth-order valence-electron chi connectivity index (χ4n) is 2.22. The average molecular weight is 263 g/mol. The first-order chi connectivity index (χ1) is 9.16. The van der Waals surface area contributed by atoms with Crippen LogP contribution in [0, 0.1) is 16.0 Å². The molecule has 1 atom stereocenters. The number of hydrogen-bond donors (Lipinski definition) is 2. The van der Waals surface area contributed by atoms with Crippen LogP contribution in [0.5, 0.6) is 0 Å². The molecule has 0 spiro atoms. The Morgan fingerprint density at radius 3 is 2.95 bits per heavy atom. The highest BCUT2D eigenvalue weighted by atomic mass is 16.6. The first-order valence-electron chi connectivity index (χ1n) is 6.36. The second-order valence-corrected chi connectivity index (χ2v) is 4.73. The Hall–Kier alpha value is -1.95. The molecular weight excluding hydrogens is 246 g/mol. The lowest BCUT2D eigenvalue weighted by Gasteiger charge is -2.10. The number of rotatable bonds is 5. The molecule has 6 heteroatoms. The van der Waals surface area contributed by atoms with Crippen molar-refractivity contribution in [2.24, 2.45) is 5.92 Å². The molecule has 0 aliphatic carbocycles. The van der Waals surface area contributed by atoms with E-state index in [0.717, 1.165) is 19.5 Å². The van der Waals surface area contributed by atoms with Crippen LogP contribution in [-0.2, 0) is 11.2 Å². The zero-order chi connectivity index (χ0) is 13.7. The zero-order valence-electron chi connectivity index (χ0n) is 10.6. The molecule has 2 N–H and O–H groups in total. The van der Waals surface area contributed by atoms with Gasteiger partial charge in [0.1, 0.15) is 0 Å². The molecule has 1 amide bonds. The maximum absolute atomic E-state index is 11.8. The smallest absolute Gasteiger partial charge is 0.273 e. The first kappa shape index (κ1) is 13.5. The van der Waals surface area contributed by atoms with Gasteiger partial charge in [0.2, 0.25) is 5.91 Å². The van der Waals surface area contributed by atoms with E-state index in [-0.39, 0.29) is 18.0 Å². The van der Waals surface area contributed by atoms with Crippen LogP contribution in [-0.4, -0.2) is 30.5 Å². The number of nitrogens with one attached hydrogen (secondary N) is 2. The number of carbonyl (C=O) groups excluding carboxylic acids is 1. The van der Waals surface area contributed by atoms with Gasteiger partial charge in [0.25, 0.3) is 5.69 Å². The number of nitro groups is 1. The van der Waals surface area contributed by atoms with Crippen molar-refractivity contribution in [3.05, 3.63) is 39.9 Å². The van der Waals surface area contributed by atoms with Crippen LogP contribution in [0.15, 0.2) is 24.3 Å². The van der Waals surface area contributed by atoms with Crippen LogP contribution >= 0.6 is 0 Å². The van der Waals surface area contributed by atoms with Gasteiger partial charge in [-0.15, -0.1) is 0 Å². The van der Waals surface area contributed by atoms with Crippen LogP contribution in [0.1, 0.15) is 12.0 Å². The highest BCUT2D eigenvalue weighted by Gasteiger charge is 2.18. The number of hydrogen-bond acceptors (Lipinski definition) is 4. The van der Waals surface area contributed by atoms with Crippen molar-refractivity contribution >= 4 is 11.6 Å². The molecule has 0 radical (unpaired) electrons. The van der Waals surface area contributed by atoms with Gasteiger partial charge in [-0.1, -0.05) is 18.2 Å². The Morgan fingerprint density at radius 1 is 1.47 bits per heavy atom. The summed E-state index contributed by atoms with van der Waals surface area (Å²) in [5.41, 5.74) is 0.453. The summed E-state index contributed by atoms with van der Waals surface area (Å²) in [6.07, 6.45) is 1.11. The summed E-state index contributed by atoms with van der Waals surface area (Å²) in [7, 11) is 0. The van der Waals surface area contributed by atoms with E-state index in [1.165, 1.54) is 6.07 Å². The molecule has 1 heterocycles. The maximum Gasteiger partial charge on any atom is 0.273 e. The van der Waals surface area contributed by atoms with Gasteiger partial charge in [-0.3, -0.25) is 14.9 Å². The predicted molar refractivity (Wildman–Crippen MR) is 70.8 cm³/mol. The lowest BCUT2D eigenvalue weighted by Crippen LogP contribution is -2.31. The molecular formula is C13H17N3O3. The van der Waals surface area contributed by atoms with Gasteiger partial charge in [-0.05, 0) is 25.4 Å². The van der Waals surface area contributed by atoms with Crippen LogP contribution in [0.25, 0.3) is 0 Å². The molecule has 1 aliphatic rings. The zero-order valence-corrected chi connectivity index (χ0v) is 10.6. The topological polar surface area (TPSA) is 84.3 Å². The van der Waals surface area contributed by atoms with Crippen molar-refractivity contribution in [3.8, 4) is 0 Å². The fraction of sp³-hybridized carbons (Fsp3) is 0.462. The van der Waals surface area contributed by atoms with Gasteiger partial charge in [-0.2, -0.15) is 0 Å². The van der Waals surface area contributed by atoms with E-state index in [2.05, 4.69) is 10.6 Å². The standard InChI is InChI=1S/C13H17N3O3/c17-13(15-9-10-5-6-14-8-10)7-11-3-1-2-4-12(11)16(18)19/h1-4,10,14H,5-9H2,(H,15,17). The lowest BCUT2D eigenvalue weighted by molar-refractivity contribution is -0.385. The SMILES string of the molecule is O=C(Cc1ccccc1[N+](=O)[O-])NCC1CCNC1. The quantitative estimate of drug-likeness (QED) is 0.609. The Bertz CT molecular complexity index is 470.